The maximum Gasteiger partial charge on any atom is 0.0543 e. The van der Waals surface area contributed by atoms with E-state index in [0.717, 1.165) is 5.56 Å². The lowest BCUT2D eigenvalue weighted by Gasteiger charge is -2.06. The Bertz CT molecular complexity index is 319. The van der Waals surface area contributed by atoms with Gasteiger partial charge in [0.15, 0.2) is 0 Å². The third-order valence-corrected chi connectivity index (χ3v) is 2.21. The van der Waals surface area contributed by atoms with E-state index in [-0.39, 0.29) is 1.43 Å². The summed E-state index contributed by atoms with van der Waals surface area (Å²) >= 11 is 0. The lowest BCUT2D eigenvalue weighted by atomic mass is 9.99. The monoisotopic (exact) mass is 164 g/mol. The summed E-state index contributed by atoms with van der Waals surface area (Å²) in [4.78, 5) is 0. The maximum atomic E-state index is 5.12. The van der Waals surface area contributed by atoms with Gasteiger partial charge in [0.05, 0.1) is 6.21 Å². The summed E-state index contributed by atoms with van der Waals surface area (Å²) in [6, 6.07) is 4.19. The van der Waals surface area contributed by atoms with Gasteiger partial charge in [0, 0.05) is 6.99 Å². The van der Waals surface area contributed by atoms with Gasteiger partial charge in [-0.2, -0.15) is 5.10 Å². The Labute approximate surface area is 74.6 Å². The van der Waals surface area contributed by atoms with Crippen LogP contribution in [0, 0.1) is 20.8 Å². The van der Waals surface area contributed by atoms with Crippen LogP contribution in [0.4, 0.5) is 0 Å². The van der Waals surface area contributed by atoms with E-state index in [0.29, 0.717) is 0 Å². The first-order chi connectivity index (χ1) is 5.66. The van der Waals surface area contributed by atoms with Crippen LogP contribution in [-0.4, -0.2) is 6.21 Å². The standard InChI is InChI=1S/C10H14N2.H2/c1-7-4-5-8(2)10(6-12-11)9(7)3;/h4-6H,11H2,1-3H3;1H/b12-6-;. The van der Waals surface area contributed by atoms with Gasteiger partial charge in [-0.1, -0.05) is 12.1 Å². The van der Waals surface area contributed by atoms with E-state index in [2.05, 4.69) is 38.0 Å². The van der Waals surface area contributed by atoms with Gasteiger partial charge in [-0.15, -0.1) is 0 Å². The van der Waals surface area contributed by atoms with Crippen LogP contribution in [0.1, 0.15) is 23.7 Å². The van der Waals surface area contributed by atoms with E-state index < -0.39 is 0 Å². The van der Waals surface area contributed by atoms with Crippen LogP contribution in [0.5, 0.6) is 0 Å². The summed E-state index contributed by atoms with van der Waals surface area (Å²) in [5, 5.41) is 3.54. The van der Waals surface area contributed by atoms with Crippen molar-refractivity contribution in [2.24, 2.45) is 10.9 Å². The molecule has 0 atom stereocenters. The van der Waals surface area contributed by atoms with Crippen LogP contribution in [0.15, 0.2) is 17.2 Å². The average molecular weight is 164 g/mol. The molecule has 66 valence electrons. The molecule has 0 saturated carbocycles. The molecule has 2 nitrogen and oxygen atoms in total. The molecule has 0 aromatic heterocycles. The van der Waals surface area contributed by atoms with E-state index >= 15 is 0 Å². The van der Waals surface area contributed by atoms with Crippen molar-refractivity contribution in [1.29, 1.82) is 0 Å². The molecule has 1 rings (SSSR count). The summed E-state index contributed by atoms with van der Waals surface area (Å²) in [6.07, 6.45) is 1.71. The minimum atomic E-state index is 0. The van der Waals surface area contributed by atoms with Crippen LogP contribution in [0.25, 0.3) is 0 Å². The molecule has 2 heteroatoms. The molecule has 0 unspecified atom stereocenters. The van der Waals surface area contributed by atoms with Crippen molar-refractivity contribution in [2.75, 3.05) is 0 Å². The van der Waals surface area contributed by atoms with Gasteiger partial charge in [-0.3, -0.25) is 0 Å². The molecule has 0 saturated heterocycles. The lowest BCUT2D eigenvalue weighted by Crippen LogP contribution is -1.96. The SMILES string of the molecule is Cc1ccc(C)c(/C=N\N)c1C.[HH]. The number of hydrogen-bond donors (Lipinski definition) is 1. The summed E-state index contributed by atoms with van der Waals surface area (Å²) < 4.78 is 0. The first-order valence-corrected chi connectivity index (χ1v) is 3.97. The number of benzene rings is 1. The summed E-state index contributed by atoms with van der Waals surface area (Å²) in [7, 11) is 0. The molecule has 0 aliphatic carbocycles. The predicted molar refractivity (Wildman–Crippen MR) is 54.5 cm³/mol. The van der Waals surface area contributed by atoms with E-state index in [1.807, 2.05) is 0 Å². The molecule has 0 radical (unpaired) electrons. The third kappa shape index (κ3) is 1.47. The van der Waals surface area contributed by atoms with Crippen molar-refractivity contribution in [2.45, 2.75) is 20.8 Å². The number of rotatable bonds is 1. The largest absolute Gasteiger partial charge is 0.323 e. The maximum absolute atomic E-state index is 5.12. The van der Waals surface area contributed by atoms with E-state index in [1.165, 1.54) is 16.7 Å². The molecule has 0 aliphatic heterocycles. The Hall–Kier alpha value is -1.31. The zero-order valence-electron chi connectivity index (χ0n) is 7.76. The number of nitrogens with two attached hydrogens (primary N) is 1. The molecule has 0 heterocycles. The summed E-state index contributed by atoms with van der Waals surface area (Å²) in [5.74, 6) is 5.12. The van der Waals surface area contributed by atoms with E-state index in [9.17, 15) is 0 Å². The summed E-state index contributed by atoms with van der Waals surface area (Å²) in [5.41, 5.74) is 4.88. The Morgan fingerprint density at radius 1 is 1.25 bits per heavy atom. The second kappa shape index (κ2) is 3.39. The normalized spacial score (nSPS) is 10.9. The van der Waals surface area contributed by atoms with Gasteiger partial charge in [0.2, 0.25) is 0 Å². The molecular weight excluding hydrogens is 148 g/mol. The molecule has 0 aliphatic rings. The Morgan fingerprint density at radius 2 is 1.83 bits per heavy atom. The van der Waals surface area contributed by atoms with Crippen LogP contribution >= 0.6 is 0 Å². The van der Waals surface area contributed by atoms with Gasteiger partial charge < -0.3 is 5.84 Å². The quantitative estimate of drug-likeness (QED) is 0.385. The third-order valence-electron chi connectivity index (χ3n) is 2.21. The molecular formula is C10H16N2. The number of nitrogens with zero attached hydrogens (tertiary/aromatic N) is 1. The van der Waals surface area contributed by atoms with Gasteiger partial charge in [-0.05, 0) is 37.5 Å². The van der Waals surface area contributed by atoms with Crippen LogP contribution in [-0.2, 0) is 0 Å². The average Bonchev–Trinajstić information content (AvgIpc) is 2.06. The lowest BCUT2D eigenvalue weighted by molar-refractivity contribution is 1.24. The van der Waals surface area contributed by atoms with Crippen LogP contribution < -0.4 is 5.84 Å². The van der Waals surface area contributed by atoms with Gasteiger partial charge >= 0.3 is 0 Å². The molecule has 1 aromatic rings. The summed E-state index contributed by atoms with van der Waals surface area (Å²) in [6.45, 7) is 6.23. The van der Waals surface area contributed by atoms with Crippen LogP contribution in [0.3, 0.4) is 0 Å². The zero-order valence-corrected chi connectivity index (χ0v) is 7.76. The molecule has 0 bridgehead atoms. The molecule has 2 N–H and O–H groups in total. The Kier molecular flexibility index (Phi) is 2.48. The van der Waals surface area contributed by atoms with Crippen molar-refractivity contribution < 1.29 is 1.43 Å². The van der Waals surface area contributed by atoms with Gasteiger partial charge in [-0.25, -0.2) is 0 Å². The highest BCUT2D eigenvalue weighted by molar-refractivity contribution is 5.83. The molecule has 12 heavy (non-hydrogen) atoms. The zero-order chi connectivity index (χ0) is 9.14. The highest BCUT2D eigenvalue weighted by Crippen LogP contribution is 2.15. The predicted octanol–water partition coefficient (Wildman–Crippen LogP) is 2.15. The fourth-order valence-corrected chi connectivity index (χ4v) is 1.25. The Balaban J connectivity index is 0.00000144. The van der Waals surface area contributed by atoms with Crippen molar-refractivity contribution >= 4 is 6.21 Å². The Morgan fingerprint density at radius 3 is 2.42 bits per heavy atom. The van der Waals surface area contributed by atoms with Crippen molar-refractivity contribution in [1.82, 2.24) is 0 Å². The van der Waals surface area contributed by atoms with Crippen LogP contribution in [0.2, 0.25) is 0 Å². The van der Waals surface area contributed by atoms with Gasteiger partial charge in [0.25, 0.3) is 0 Å². The second-order valence-electron chi connectivity index (χ2n) is 3.02. The van der Waals surface area contributed by atoms with Gasteiger partial charge in [0.1, 0.15) is 0 Å². The highest BCUT2D eigenvalue weighted by atomic mass is 15.1. The first kappa shape index (κ1) is 8.78. The number of hydrogen-bond acceptors (Lipinski definition) is 2. The fourth-order valence-electron chi connectivity index (χ4n) is 1.25. The number of aryl methyl sites for hydroxylation is 2. The highest BCUT2D eigenvalue weighted by Gasteiger charge is 2.01. The molecule has 0 spiro atoms. The minimum Gasteiger partial charge on any atom is -0.323 e. The minimum absolute atomic E-state index is 0. The molecule has 1 aromatic carbocycles. The van der Waals surface area contributed by atoms with Crippen molar-refractivity contribution in [3.8, 4) is 0 Å². The fraction of sp³-hybridized carbons (Fsp3) is 0.300. The number of hydrazone groups is 1. The molecule has 0 amide bonds. The second-order valence-corrected chi connectivity index (χ2v) is 3.02. The van der Waals surface area contributed by atoms with E-state index in [1.54, 1.807) is 6.21 Å². The molecule has 0 fully saturated rings. The topological polar surface area (TPSA) is 38.4 Å². The van der Waals surface area contributed by atoms with Crippen molar-refractivity contribution in [3.63, 3.8) is 0 Å². The first-order valence-electron chi connectivity index (χ1n) is 3.97. The van der Waals surface area contributed by atoms with Crippen molar-refractivity contribution in [3.05, 3.63) is 34.4 Å². The smallest absolute Gasteiger partial charge is 0.0543 e. The van der Waals surface area contributed by atoms with E-state index in [4.69, 9.17) is 5.84 Å².